The highest BCUT2D eigenvalue weighted by Gasteiger charge is 2.33. The lowest BCUT2D eigenvalue weighted by molar-refractivity contribution is 0.0659. The Morgan fingerprint density at radius 1 is 1.27 bits per heavy atom. The van der Waals surface area contributed by atoms with Crippen LogP contribution in [-0.2, 0) is 13.0 Å². The summed E-state index contributed by atoms with van der Waals surface area (Å²) in [4.78, 5) is 27.2. The zero-order valence-electron chi connectivity index (χ0n) is 15.5. The van der Waals surface area contributed by atoms with Crippen molar-refractivity contribution in [3.63, 3.8) is 0 Å². The monoisotopic (exact) mass is 352 g/mol. The van der Waals surface area contributed by atoms with Crippen LogP contribution in [0, 0.1) is 12.8 Å². The summed E-state index contributed by atoms with van der Waals surface area (Å²) in [5.74, 6) is 2.40. The Morgan fingerprint density at radius 3 is 2.85 bits per heavy atom. The number of carbonyl (C=O) groups excluding carboxylic acids is 2. The first kappa shape index (κ1) is 16.9. The fourth-order valence-corrected chi connectivity index (χ4v) is 4.31. The van der Waals surface area contributed by atoms with Crippen LogP contribution in [0.15, 0.2) is 18.2 Å². The summed E-state index contributed by atoms with van der Waals surface area (Å²) < 4.78 is 2.18. The lowest BCUT2D eigenvalue weighted by Gasteiger charge is -2.35. The van der Waals surface area contributed by atoms with Gasteiger partial charge in [-0.2, -0.15) is 0 Å². The molecule has 1 amide bonds. The third-order valence-electron chi connectivity index (χ3n) is 5.41. The molecular formula is C20H24N4O2. The fourth-order valence-electron chi connectivity index (χ4n) is 4.31. The molecular weight excluding hydrogens is 328 g/mol. The highest BCUT2D eigenvalue weighted by atomic mass is 16.2. The predicted molar refractivity (Wildman–Crippen MR) is 97.1 cm³/mol. The number of fused-ring (bicyclic) bond motifs is 2. The van der Waals surface area contributed by atoms with Crippen molar-refractivity contribution in [1.29, 1.82) is 0 Å². The molecule has 136 valence electrons. The lowest BCUT2D eigenvalue weighted by Crippen LogP contribution is -2.42. The van der Waals surface area contributed by atoms with Crippen LogP contribution in [0.5, 0.6) is 0 Å². The van der Waals surface area contributed by atoms with Gasteiger partial charge in [-0.3, -0.25) is 9.59 Å². The standard InChI is InChI=1S/C20H24N4O2/c1-12(2)9-14-10-23(11-19-22-21-13(3)24(14)19)20(26)17-6-4-5-16-15(17)7-8-18(16)25/h4-6,12,14H,7-11H2,1-3H3/t14-/m0/s1. The van der Waals surface area contributed by atoms with Crippen molar-refractivity contribution in [3.8, 4) is 0 Å². The molecule has 1 aliphatic carbocycles. The van der Waals surface area contributed by atoms with Crippen LogP contribution >= 0.6 is 0 Å². The second-order valence-electron chi connectivity index (χ2n) is 7.76. The van der Waals surface area contributed by atoms with Gasteiger partial charge in [-0.1, -0.05) is 26.0 Å². The molecule has 2 heterocycles. The number of amides is 1. The summed E-state index contributed by atoms with van der Waals surface area (Å²) in [6, 6.07) is 5.69. The molecule has 6 heteroatoms. The maximum absolute atomic E-state index is 13.3. The zero-order chi connectivity index (χ0) is 18.4. The van der Waals surface area contributed by atoms with Crippen molar-refractivity contribution < 1.29 is 9.59 Å². The van der Waals surface area contributed by atoms with Gasteiger partial charge in [-0.25, -0.2) is 0 Å². The van der Waals surface area contributed by atoms with E-state index in [9.17, 15) is 9.59 Å². The van der Waals surface area contributed by atoms with Crippen molar-refractivity contribution in [2.24, 2.45) is 5.92 Å². The molecule has 0 fully saturated rings. The van der Waals surface area contributed by atoms with Gasteiger partial charge in [0, 0.05) is 24.1 Å². The number of rotatable bonds is 3. The molecule has 0 saturated carbocycles. The molecule has 0 unspecified atom stereocenters. The Hall–Kier alpha value is -2.50. The topological polar surface area (TPSA) is 68.1 Å². The summed E-state index contributed by atoms with van der Waals surface area (Å²) in [5, 5.41) is 8.51. The van der Waals surface area contributed by atoms with Gasteiger partial charge in [0.05, 0.1) is 12.6 Å². The Labute approximate surface area is 153 Å². The summed E-state index contributed by atoms with van der Waals surface area (Å²) >= 11 is 0. The van der Waals surface area contributed by atoms with Gasteiger partial charge in [0.25, 0.3) is 5.91 Å². The number of aromatic nitrogens is 3. The second kappa shape index (κ2) is 6.34. The van der Waals surface area contributed by atoms with E-state index in [2.05, 4.69) is 28.6 Å². The Morgan fingerprint density at radius 2 is 2.08 bits per heavy atom. The number of ketones is 1. The molecule has 0 spiro atoms. The molecule has 4 rings (SSSR count). The Balaban J connectivity index is 1.67. The van der Waals surface area contributed by atoms with Crippen molar-refractivity contribution in [2.45, 2.75) is 52.6 Å². The van der Waals surface area contributed by atoms with E-state index in [1.54, 1.807) is 0 Å². The molecule has 0 N–H and O–H groups in total. The molecule has 2 aliphatic rings. The third-order valence-corrected chi connectivity index (χ3v) is 5.41. The molecule has 26 heavy (non-hydrogen) atoms. The van der Waals surface area contributed by atoms with Crippen molar-refractivity contribution in [3.05, 3.63) is 46.5 Å². The minimum Gasteiger partial charge on any atom is -0.329 e. The number of benzene rings is 1. The maximum atomic E-state index is 13.3. The van der Waals surface area contributed by atoms with E-state index in [0.717, 1.165) is 23.6 Å². The fraction of sp³-hybridized carbons (Fsp3) is 0.500. The van der Waals surface area contributed by atoms with Gasteiger partial charge in [0.2, 0.25) is 0 Å². The van der Waals surface area contributed by atoms with Gasteiger partial charge < -0.3 is 9.47 Å². The molecule has 1 aromatic heterocycles. The number of hydrogen-bond donors (Lipinski definition) is 0. The first-order chi connectivity index (χ1) is 12.5. The van der Waals surface area contributed by atoms with Gasteiger partial charge in [-0.15, -0.1) is 10.2 Å². The molecule has 6 nitrogen and oxygen atoms in total. The summed E-state index contributed by atoms with van der Waals surface area (Å²) in [6.45, 7) is 7.47. The van der Waals surface area contributed by atoms with Gasteiger partial charge in [-0.05, 0) is 37.3 Å². The van der Waals surface area contributed by atoms with Crippen LogP contribution in [-0.4, -0.2) is 37.9 Å². The van der Waals surface area contributed by atoms with E-state index >= 15 is 0 Å². The summed E-state index contributed by atoms with van der Waals surface area (Å²) in [5.41, 5.74) is 2.29. The molecule has 1 aliphatic heterocycles. The number of aryl methyl sites for hydroxylation is 1. The number of nitrogens with zero attached hydrogens (tertiary/aromatic N) is 4. The quantitative estimate of drug-likeness (QED) is 0.852. The molecule has 1 aromatic carbocycles. The highest BCUT2D eigenvalue weighted by Crippen LogP contribution is 2.30. The predicted octanol–water partition coefficient (Wildman–Crippen LogP) is 2.96. The summed E-state index contributed by atoms with van der Waals surface area (Å²) in [6.07, 6.45) is 2.14. The first-order valence-corrected chi connectivity index (χ1v) is 9.30. The van der Waals surface area contributed by atoms with Crippen molar-refractivity contribution in [2.75, 3.05) is 6.54 Å². The number of carbonyl (C=O) groups is 2. The Bertz CT molecular complexity index is 884. The van der Waals surface area contributed by atoms with E-state index < -0.39 is 0 Å². The van der Waals surface area contributed by atoms with Crippen LogP contribution in [0.3, 0.4) is 0 Å². The Kier molecular flexibility index (Phi) is 4.13. The lowest BCUT2D eigenvalue weighted by atomic mass is 9.99. The molecule has 0 radical (unpaired) electrons. The number of Topliss-reactive ketones (excluding diaryl/α,β-unsaturated/α-hetero) is 1. The largest absolute Gasteiger partial charge is 0.329 e. The van der Waals surface area contributed by atoms with E-state index in [1.165, 1.54) is 0 Å². The highest BCUT2D eigenvalue weighted by molar-refractivity contribution is 6.05. The number of hydrogen-bond acceptors (Lipinski definition) is 4. The van der Waals surface area contributed by atoms with E-state index in [0.29, 0.717) is 43.0 Å². The maximum Gasteiger partial charge on any atom is 0.254 e. The average molecular weight is 352 g/mol. The zero-order valence-corrected chi connectivity index (χ0v) is 15.5. The van der Waals surface area contributed by atoms with Crippen LogP contribution in [0.25, 0.3) is 0 Å². The first-order valence-electron chi connectivity index (χ1n) is 9.30. The molecule has 0 saturated heterocycles. The van der Waals surface area contributed by atoms with Gasteiger partial charge >= 0.3 is 0 Å². The molecule has 0 bridgehead atoms. The van der Waals surface area contributed by atoms with E-state index in [1.807, 2.05) is 30.0 Å². The second-order valence-corrected chi connectivity index (χ2v) is 7.76. The normalized spacial score (nSPS) is 19.0. The molecule has 2 aromatic rings. The van der Waals surface area contributed by atoms with E-state index in [-0.39, 0.29) is 17.7 Å². The van der Waals surface area contributed by atoms with Crippen LogP contribution < -0.4 is 0 Å². The van der Waals surface area contributed by atoms with Gasteiger partial charge in [0.15, 0.2) is 11.6 Å². The average Bonchev–Trinajstić information content (AvgIpc) is 3.17. The van der Waals surface area contributed by atoms with Crippen LogP contribution in [0.1, 0.15) is 70.7 Å². The van der Waals surface area contributed by atoms with Crippen molar-refractivity contribution >= 4 is 11.7 Å². The minimum absolute atomic E-state index is 0.00258. The van der Waals surface area contributed by atoms with Gasteiger partial charge in [0.1, 0.15) is 5.82 Å². The van der Waals surface area contributed by atoms with Crippen LogP contribution in [0.4, 0.5) is 0 Å². The third kappa shape index (κ3) is 2.73. The molecule has 1 atom stereocenters. The minimum atomic E-state index is -0.00258. The van der Waals surface area contributed by atoms with E-state index in [4.69, 9.17) is 0 Å². The smallest absolute Gasteiger partial charge is 0.254 e. The summed E-state index contributed by atoms with van der Waals surface area (Å²) in [7, 11) is 0. The van der Waals surface area contributed by atoms with Crippen molar-refractivity contribution in [1.82, 2.24) is 19.7 Å². The SMILES string of the molecule is Cc1nnc2n1[C@@H](CC(C)C)CN(C(=O)c1cccc3c1CCC3=O)C2. The van der Waals surface area contributed by atoms with Crippen LogP contribution in [0.2, 0.25) is 0 Å².